The van der Waals surface area contributed by atoms with Crippen molar-refractivity contribution in [3.8, 4) is 28.7 Å². The van der Waals surface area contributed by atoms with Crippen LogP contribution in [-0.4, -0.2) is 39.1 Å². The lowest BCUT2D eigenvalue weighted by atomic mass is 9.78. The van der Waals surface area contributed by atoms with Gasteiger partial charge in [-0.05, 0) is 42.9 Å². The van der Waals surface area contributed by atoms with Crippen molar-refractivity contribution in [3.63, 3.8) is 0 Å². The lowest BCUT2D eigenvalue weighted by Gasteiger charge is -2.26. The van der Waals surface area contributed by atoms with Crippen molar-refractivity contribution in [1.29, 1.82) is 0 Å². The number of carbonyl (C=O) groups is 2. The Morgan fingerprint density at radius 2 is 1.50 bits per heavy atom. The van der Waals surface area contributed by atoms with Gasteiger partial charge in [0.1, 0.15) is 5.75 Å². The van der Waals surface area contributed by atoms with Crippen LogP contribution in [0.4, 0.5) is 0 Å². The first-order valence-electron chi connectivity index (χ1n) is 8.20. The third-order valence-corrected chi connectivity index (χ3v) is 5.13. The molecule has 0 spiro atoms. The molecule has 4 rings (SSSR count). The Bertz CT molecular complexity index is 1000. The fourth-order valence-corrected chi connectivity index (χ4v) is 3.88. The molecule has 0 saturated carbocycles. The number of ether oxygens (including phenoxy) is 1. The molecule has 0 unspecified atom stereocenters. The largest absolute Gasteiger partial charge is 0.507 e. The van der Waals surface area contributed by atoms with Gasteiger partial charge < -0.3 is 25.2 Å². The molecule has 0 fully saturated rings. The van der Waals surface area contributed by atoms with Crippen LogP contribution in [0.25, 0.3) is 0 Å². The molecule has 2 aromatic carbocycles. The van der Waals surface area contributed by atoms with E-state index in [1.807, 2.05) is 0 Å². The molecule has 4 N–H and O–H groups in total. The first-order chi connectivity index (χ1) is 12.4. The van der Waals surface area contributed by atoms with E-state index in [9.17, 15) is 30.0 Å². The summed E-state index contributed by atoms with van der Waals surface area (Å²) >= 11 is 0. The molecule has 0 radical (unpaired) electrons. The van der Waals surface area contributed by atoms with E-state index in [-0.39, 0.29) is 22.4 Å². The van der Waals surface area contributed by atoms with Crippen molar-refractivity contribution in [2.45, 2.75) is 25.7 Å². The summed E-state index contributed by atoms with van der Waals surface area (Å²) in [6, 6.07) is 1.59. The van der Waals surface area contributed by atoms with Gasteiger partial charge in [0, 0.05) is 5.56 Å². The van der Waals surface area contributed by atoms with Crippen molar-refractivity contribution < 1.29 is 34.8 Å². The second kappa shape index (κ2) is 5.39. The number of aromatic hydroxyl groups is 4. The van der Waals surface area contributed by atoms with E-state index in [1.54, 1.807) is 6.07 Å². The fourth-order valence-electron chi connectivity index (χ4n) is 3.88. The average Bonchev–Trinajstić information content (AvgIpc) is 2.64. The van der Waals surface area contributed by atoms with Gasteiger partial charge in [0.25, 0.3) is 0 Å². The number of benzene rings is 2. The first kappa shape index (κ1) is 16.3. The fraction of sp³-hybridized carbons (Fsp3) is 0.263. The second-order valence-electron chi connectivity index (χ2n) is 6.48. The molecule has 0 bridgehead atoms. The van der Waals surface area contributed by atoms with Crippen LogP contribution in [-0.2, 0) is 12.8 Å². The Kier molecular flexibility index (Phi) is 3.37. The van der Waals surface area contributed by atoms with Gasteiger partial charge in [0.05, 0.1) is 23.8 Å². The Morgan fingerprint density at radius 1 is 0.808 bits per heavy atom. The van der Waals surface area contributed by atoms with Crippen LogP contribution < -0.4 is 4.74 Å². The zero-order chi connectivity index (χ0) is 18.7. The number of phenols is 4. The summed E-state index contributed by atoms with van der Waals surface area (Å²) in [5, 5.41) is 40.7. The number of aryl methyl sites for hydroxylation is 1. The van der Waals surface area contributed by atoms with E-state index in [0.717, 1.165) is 18.4 Å². The summed E-state index contributed by atoms with van der Waals surface area (Å²) in [4.78, 5) is 26.0. The van der Waals surface area contributed by atoms with Gasteiger partial charge in [-0.25, -0.2) is 0 Å². The summed E-state index contributed by atoms with van der Waals surface area (Å²) in [7, 11) is 1.17. The number of phenolic OH excluding ortho intramolecular Hbond substituents is 4. The Balaban J connectivity index is 2.09. The van der Waals surface area contributed by atoms with Crippen LogP contribution >= 0.6 is 0 Å². The third kappa shape index (κ3) is 1.88. The molecule has 2 aliphatic rings. The standard InChI is InChI=1S/C19H16O7/c1-26-19-12-11(16(23)17(24)18(19)25)15(22)10-9(14(12)21)6-7-4-2-3-5-8(7)13(10)20/h6,20,23-25H,2-5H2,1H3. The molecular formula is C19H16O7. The summed E-state index contributed by atoms with van der Waals surface area (Å²) in [5.41, 5.74) is 0.444. The summed E-state index contributed by atoms with van der Waals surface area (Å²) < 4.78 is 5.00. The Morgan fingerprint density at radius 3 is 2.19 bits per heavy atom. The SMILES string of the molecule is COc1c(O)c(O)c(O)c2c1C(=O)c1cc3c(c(O)c1C2=O)CCCC3. The molecule has 2 aliphatic carbocycles. The van der Waals surface area contributed by atoms with E-state index in [1.165, 1.54) is 7.11 Å². The van der Waals surface area contributed by atoms with Gasteiger partial charge in [0.15, 0.2) is 17.3 Å². The van der Waals surface area contributed by atoms with Crippen molar-refractivity contribution >= 4 is 11.6 Å². The molecule has 7 heteroatoms. The maximum atomic E-state index is 13.0. The van der Waals surface area contributed by atoms with Crippen LogP contribution in [0, 0.1) is 0 Å². The second-order valence-corrected chi connectivity index (χ2v) is 6.48. The normalized spacial score (nSPS) is 15.3. The highest BCUT2D eigenvalue weighted by molar-refractivity contribution is 6.32. The van der Waals surface area contributed by atoms with Crippen molar-refractivity contribution in [1.82, 2.24) is 0 Å². The van der Waals surface area contributed by atoms with Crippen molar-refractivity contribution in [2.24, 2.45) is 0 Å². The van der Waals surface area contributed by atoms with Crippen LogP contribution in [0.2, 0.25) is 0 Å². The van der Waals surface area contributed by atoms with Gasteiger partial charge in [-0.1, -0.05) is 0 Å². The minimum Gasteiger partial charge on any atom is -0.507 e. The third-order valence-electron chi connectivity index (χ3n) is 5.13. The highest BCUT2D eigenvalue weighted by Gasteiger charge is 2.41. The predicted molar refractivity (Wildman–Crippen MR) is 89.6 cm³/mol. The molecule has 0 amide bonds. The first-order valence-corrected chi connectivity index (χ1v) is 8.20. The maximum absolute atomic E-state index is 13.0. The van der Waals surface area contributed by atoms with Crippen LogP contribution in [0.5, 0.6) is 28.7 Å². The van der Waals surface area contributed by atoms with E-state index in [0.29, 0.717) is 18.4 Å². The number of hydrogen-bond donors (Lipinski definition) is 4. The molecule has 2 aromatic rings. The molecule has 26 heavy (non-hydrogen) atoms. The number of hydrogen-bond acceptors (Lipinski definition) is 7. The predicted octanol–water partition coefficient (Wildman–Crippen LogP) is 2.17. The minimum absolute atomic E-state index is 0.00318. The molecule has 134 valence electrons. The topological polar surface area (TPSA) is 124 Å². The zero-order valence-electron chi connectivity index (χ0n) is 13.9. The number of methoxy groups -OCH3 is 1. The molecule has 0 aromatic heterocycles. The molecule has 0 saturated heterocycles. The van der Waals surface area contributed by atoms with Crippen molar-refractivity contribution in [2.75, 3.05) is 7.11 Å². The molecule has 0 heterocycles. The number of ketones is 2. The van der Waals surface area contributed by atoms with E-state index in [2.05, 4.69) is 0 Å². The van der Waals surface area contributed by atoms with Gasteiger partial charge >= 0.3 is 0 Å². The number of fused-ring (bicyclic) bond motifs is 3. The Labute approximate surface area is 148 Å². The van der Waals surface area contributed by atoms with Crippen LogP contribution in [0.3, 0.4) is 0 Å². The maximum Gasteiger partial charge on any atom is 0.205 e. The quantitative estimate of drug-likeness (QED) is 0.493. The summed E-state index contributed by atoms with van der Waals surface area (Å²) in [5.74, 6) is -4.81. The highest BCUT2D eigenvalue weighted by Crippen LogP contribution is 2.52. The molecular weight excluding hydrogens is 340 g/mol. The molecule has 0 atom stereocenters. The Hall–Kier alpha value is -3.22. The van der Waals surface area contributed by atoms with E-state index >= 15 is 0 Å². The van der Waals surface area contributed by atoms with E-state index in [4.69, 9.17) is 4.74 Å². The summed E-state index contributed by atoms with van der Waals surface area (Å²) in [6.07, 6.45) is 3.07. The lowest BCUT2D eigenvalue weighted by Crippen LogP contribution is -2.24. The van der Waals surface area contributed by atoms with E-state index < -0.39 is 40.1 Å². The summed E-state index contributed by atoms with van der Waals surface area (Å²) in [6.45, 7) is 0. The zero-order valence-corrected chi connectivity index (χ0v) is 13.9. The smallest absolute Gasteiger partial charge is 0.205 e. The number of rotatable bonds is 1. The van der Waals surface area contributed by atoms with Gasteiger partial charge in [-0.3, -0.25) is 9.59 Å². The van der Waals surface area contributed by atoms with Gasteiger partial charge in [0.2, 0.25) is 17.3 Å². The molecule has 7 nitrogen and oxygen atoms in total. The van der Waals surface area contributed by atoms with Crippen LogP contribution in [0.1, 0.15) is 55.8 Å². The lowest BCUT2D eigenvalue weighted by molar-refractivity contribution is 0.0970. The van der Waals surface area contributed by atoms with Crippen LogP contribution in [0.15, 0.2) is 6.07 Å². The monoisotopic (exact) mass is 356 g/mol. The minimum atomic E-state index is -0.956. The van der Waals surface area contributed by atoms with Gasteiger partial charge in [-0.15, -0.1) is 0 Å². The highest BCUT2D eigenvalue weighted by atomic mass is 16.5. The average molecular weight is 356 g/mol. The van der Waals surface area contributed by atoms with Crippen molar-refractivity contribution in [3.05, 3.63) is 39.4 Å². The molecule has 0 aliphatic heterocycles. The number of carbonyl (C=O) groups excluding carboxylic acids is 2. The van der Waals surface area contributed by atoms with Gasteiger partial charge in [-0.2, -0.15) is 0 Å².